The smallest absolute Gasteiger partial charge is 0.0749 e. The van der Waals surface area contributed by atoms with Crippen molar-refractivity contribution in [3.8, 4) is 0 Å². The molecule has 3 atom stereocenters. The number of likely N-dealkylation sites (N-methyl/N-ethyl adjacent to an activating group) is 1. The van der Waals surface area contributed by atoms with Gasteiger partial charge in [0.1, 0.15) is 0 Å². The lowest BCUT2D eigenvalue weighted by Crippen LogP contribution is -2.47. The van der Waals surface area contributed by atoms with Crippen LogP contribution >= 0.6 is 0 Å². The standard InChI is InChI=1S/C12H27NO/c1-7-10(5)11(13-8-2)12(14-6)9(3)4/h9-13H,7-8H2,1-6H3. The van der Waals surface area contributed by atoms with Crippen LogP contribution in [0.3, 0.4) is 0 Å². The highest BCUT2D eigenvalue weighted by molar-refractivity contribution is 4.82. The van der Waals surface area contributed by atoms with Crippen molar-refractivity contribution >= 4 is 0 Å². The van der Waals surface area contributed by atoms with Gasteiger partial charge < -0.3 is 10.1 Å². The molecule has 0 amide bonds. The van der Waals surface area contributed by atoms with Crippen LogP contribution in [0.1, 0.15) is 41.0 Å². The lowest BCUT2D eigenvalue weighted by atomic mass is 9.88. The first-order valence-corrected chi connectivity index (χ1v) is 5.84. The number of nitrogens with one attached hydrogen (secondary N) is 1. The fourth-order valence-corrected chi connectivity index (χ4v) is 1.96. The maximum atomic E-state index is 5.59. The van der Waals surface area contributed by atoms with E-state index in [-0.39, 0.29) is 0 Å². The van der Waals surface area contributed by atoms with E-state index in [1.807, 2.05) is 7.11 Å². The maximum absolute atomic E-state index is 5.59. The Bertz CT molecular complexity index is 136. The minimum atomic E-state index is 0.324. The van der Waals surface area contributed by atoms with Crippen LogP contribution in [0, 0.1) is 11.8 Å². The molecule has 14 heavy (non-hydrogen) atoms. The van der Waals surface area contributed by atoms with Crippen molar-refractivity contribution in [2.45, 2.75) is 53.2 Å². The largest absolute Gasteiger partial charge is 0.380 e. The number of hydrogen-bond acceptors (Lipinski definition) is 2. The zero-order chi connectivity index (χ0) is 11.1. The molecule has 86 valence electrons. The van der Waals surface area contributed by atoms with E-state index in [4.69, 9.17) is 4.74 Å². The Kier molecular flexibility index (Phi) is 7.20. The molecule has 0 heterocycles. The predicted molar refractivity (Wildman–Crippen MR) is 62.6 cm³/mol. The van der Waals surface area contributed by atoms with Crippen molar-refractivity contribution in [3.63, 3.8) is 0 Å². The summed E-state index contributed by atoms with van der Waals surface area (Å²) in [6, 6.07) is 0.481. The van der Waals surface area contributed by atoms with E-state index in [1.54, 1.807) is 0 Å². The van der Waals surface area contributed by atoms with Crippen LogP contribution in [-0.2, 0) is 4.74 Å². The van der Waals surface area contributed by atoms with Gasteiger partial charge in [-0.1, -0.05) is 41.0 Å². The van der Waals surface area contributed by atoms with Gasteiger partial charge in [0.25, 0.3) is 0 Å². The average Bonchev–Trinajstić information content (AvgIpc) is 2.16. The van der Waals surface area contributed by atoms with Crippen molar-refractivity contribution in [1.29, 1.82) is 0 Å². The molecule has 0 bridgehead atoms. The molecule has 0 aromatic carbocycles. The third-order valence-corrected chi connectivity index (χ3v) is 2.98. The maximum Gasteiger partial charge on any atom is 0.0749 e. The molecule has 0 rings (SSSR count). The van der Waals surface area contributed by atoms with Gasteiger partial charge in [-0.2, -0.15) is 0 Å². The van der Waals surface area contributed by atoms with Crippen LogP contribution in [0.2, 0.25) is 0 Å². The Hall–Kier alpha value is -0.0800. The molecule has 0 saturated heterocycles. The van der Waals surface area contributed by atoms with E-state index in [0.29, 0.717) is 24.0 Å². The van der Waals surface area contributed by atoms with Crippen molar-refractivity contribution in [3.05, 3.63) is 0 Å². The van der Waals surface area contributed by atoms with Crippen LogP contribution in [-0.4, -0.2) is 25.8 Å². The van der Waals surface area contributed by atoms with E-state index >= 15 is 0 Å². The molecule has 0 fully saturated rings. The van der Waals surface area contributed by atoms with Crippen LogP contribution in [0.25, 0.3) is 0 Å². The summed E-state index contributed by atoms with van der Waals surface area (Å²) in [4.78, 5) is 0. The molecule has 0 aromatic heterocycles. The zero-order valence-corrected chi connectivity index (χ0v) is 10.6. The minimum Gasteiger partial charge on any atom is -0.380 e. The van der Waals surface area contributed by atoms with E-state index in [9.17, 15) is 0 Å². The van der Waals surface area contributed by atoms with Crippen molar-refractivity contribution in [2.24, 2.45) is 11.8 Å². The fraction of sp³-hybridized carbons (Fsp3) is 1.00. The summed E-state index contributed by atoms with van der Waals surface area (Å²) in [5.41, 5.74) is 0. The number of ether oxygens (including phenoxy) is 1. The first-order valence-electron chi connectivity index (χ1n) is 5.84. The van der Waals surface area contributed by atoms with Gasteiger partial charge in [-0.3, -0.25) is 0 Å². The van der Waals surface area contributed by atoms with Crippen LogP contribution in [0.15, 0.2) is 0 Å². The first-order chi connectivity index (χ1) is 6.58. The quantitative estimate of drug-likeness (QED) is 0.684. The molecule has 0 aromatic rings. The van der Waals surface area contributed by atoms with Crippen molar-refractivity contribution in [2.75, 3.05) is 13.7 Å². The summed E-state index contributed by atoms with van der Waals surface area (Å²) in [5.74, 6) is 1.24. The zero-order valence-electron chi connectivity index (χ0n) is 10.6. The Labute approximate surface area is 89.4 Å². The van der Waals surface area contributed by atoms with Gasteiger partial charge in [-0.15, -0.1) is 0 Å². The highest BCUT2D eigenvalue weighted by Gasteiger charge is 2.27. The summed E-state index contributed by atoms with van der Waals surface area (Å²) < 4.78 is 5.59. The summed E-state index contributed by atoms with van der Waals surface area (Å²) in [7, 11) is 1.82. The summed E-state index contributed by atoms with van der Waals surface area (Å²) in [6.45, 7) is 12.1. The highest BCUT2D eigenvalue weighted by Crippen LogP contribution is 2.19. The van der Waals surface area contributed by atoms with Gasteiger partial charge in [0.05, 0.1) is 6.10 Å². The third kappa shape index (κ3) is 3.97. The highest BCUT2D eigenvalue weighted by atomic mass is 16.5. The average molecular weight is 201 g/mol. The summed E-state index contributed by atoms with van der Waals surface area (Å²) in [5, 5.41) is 3.54. The first kappa shape index (κ1) is 13.9. The van der Waals surface area contributed by atoms with Crippen LogP contribution in [0.4, 0.5) is 0 Å². The topological polar surface area (TPSA) is 21.3 Å². The molecule has 0 saturated carbocycles. The monoisotopic (exact) mass is 201 g/mol. The Morgan fingerprint density at radius 2 is 1.71 bits per heavy atom. The normalized spacial score (nSPS) is 18.2. The van der Waals surface area contributed by atoms with Crippen LogP contribution < -0.4 is 5.32 Å². The Balaban J connectivity index is 4.42. The van der Waals surface area contributed by atoms with Crippen LogP contribution in [0.5, 0.6) is 0 Å². The summed E-state index contributed by atoms with van der Waals surface area (Å²) >= 11 is 0. The van der Waals surface area contributed by atoms with Gasteiger partial charge >= 0.3 is 0 Å². The van der Waals surface area contributed by atoms with Gasteiger partial charge in [-0.05, 0) is 18.4 Å². The Morgan fingerprint density at radius 1 is 1.14 bits per heavy atom. The Morgan fingerprint density at radius 3 is 2.00 bits per heavy atom. The second-order valence-corrected chi connectivity index (χ2v) is 4.41. The lowest BCUT2D eigenvalue weighted by molar-refractivity contribution is 0.0171. The molecule has 0 aliphatic carbocycles. The summed E-state index contributed by atoms with van der Waals surface area (Å²) in [6.07, 6.45) is 1.52. The molecule has 3 unspecified atom stereocenters. The number of rotatable bonds is 7. The van der Waals surface area contributed by atoms with Gasteiger partial charge in [0.15, 0.2) is 0 Å². The minimum absolute atomic E-state index is 0.324. The van der Waals surface area contributed by atoms with E-state index < -0.39 is 0 Å². The van der Waals surface area contributed by atoms with E-state index in [0.717, 1.165) is 6.54 Å². The molecule has 2 heteroatoms. The van der Waals surface area contributed by atoms with Gasteiger partial charge in [0.2, 0.25) is 0 Å². The lowest BCUT2D eigenvalue weighted by Gasteiger charge is -2.33. The molecule has 0 spiro atoms. The molecular formula is C12H27NO. The number of hydrogen-bond donors (Lipinski definition) is 1. The molecule has 0 radical (unpaired) electrons. The molecule has 2 nitrogen and oxygen atoms in total. The van der Waals surface area contributed by atoms with Gasteiger partial charge in [-0.25, -0.2) is 0 Å². The van der Waals surface area contributed by atoms with E-state index in [2.05, 4.69) is 39.9 Å². The molecule has 1 N–H and O–H groups in total. The predicted octanol–water partition coefficient (Wildman–Crippen LogP) is 2.68. The van der Waals surface area contributed by atoms with E-state index in [1.165, 1.54) is 6.42 Å². The van der Waals surface area contributed by atoms with Crippen molar-refractivity contribution in [1.82, 2.24) is 5.32 Å². The second-order valence-electron chi connectivity index (χ2n) is 4.41. The molecule has 0 aliphatic rings. The fourth-order valence-electron chi connectivity index (χ4n) is 1.96. The second kappa shape index (κ2) is 7.24. The van der Waals surface area contributed by atoms with Gasteiger partial charge in [0, 0.05) is 13.2 Å². The molecular weight excluding hydrogens is 174 g/mol. The molecule has 0 aliphatic heterocycles. The third-order valence-electron chi connectivity index (χ3n) is 2.98. The van der Waals surface area contributed by atoms with Crippen molar-refractivity contribution < 1.29 is 4.74 Å². The number of methoxy groups -OCH3 is 1. The SMILES string of the molecule is CCNC(C(C)CC)C(OC)C(C)C.